The van der Waals surface area contributed by atoms with Crippen molar-refractivity contribution in [1.82, 2.24) is 29.6 Å². The predicted molar refractivity (Wildman–Crippen MR) is 116 cm³/mol. The number of ether oxygens (including phenoxy) is 1. The third kappa shape index (κ3) is 4.13. The molecular weight excluding hydrogens is 394 g/mol. The summed E-state index contributed by atoms with van der Waals surface area (Å²) in [6.07, 6.45) is 1.44. The molecule has 1 saturated heterocycles. The van der Waals surface area contributed by atoms with Crippen LogP contribution in [0.2, 0.25) is 0 Å². The van der Waals surface area contributed by atoms with Gasteiger partial charge in [0.25, 0.3) is 0 Å². The first-order valence-electron chi connectivity index (χ1n) is 10.2. The van der Waals surface area contributed by atoms with E-state index in [4.69, 9.17) is 4.74 Å². The topological polar surface area (TPSA) is 101 Å². The summed E-state index contributed by atoms with van der Waals surface area (Å²) in [6.45, 7) is 3.69. The van der Waals surface area contributed by atoms with E-state index in [9.17, 15) is 4.79 Å². The standard InChI is InChI=1S/C22H23N7O2/c1-15-11-21(27-26-15)25-20-8-4-6-17(24-20)19-12-28(9-10-31-19)22(30)13-29-14-23-16-5-2-3-7-18(16)29/h2-8,11,14,19H,9-10,12-13H2,1H3,(H2,24,25,26,27)/t19-/m0/s1. The van der Waals surface area contributed by atoms with Crippen molar-refractivity contribution in [3.8, 4) is 0 Å². The molecule has 1 aliphatic heterocycles. The Bertz CT molecular complexity index is 1220. The Kier molecular flexibility index (Phi) is 5.09. The fraction of sp³-hybridized carbons (Fsp3) is 0.273. The van der Waals surface area contributed by atoms with Crippen LogP contribution in [0.25, 0.3) is 11.0 Å². The lowest BCUT2D eigenvalue weighted by atomic mass is 10.2. The summed E-state index contributed by atoms with van der Waals surface area (Å²) in [6, 6.07) is 15.4. The number of morpholine rings is 1. The number of rotatable bonds is 5. The maximum atomic E-state index is 13.0. The van der Waals surface area contributed by atoms with Crippen LogP contribution in [0.3, 0.4) is 0 Å². The minimum Gasteiger partial charge on any atom is -0.368 e. The molecule has 1 aromatic carbocycles. The Morgan fingerprint density at radius 2 is 2.13 bits per heavy atom. The molecule has 158 valence electrons. The summed E-state index contributed by atoms with van der Waals surface area (Å²) in [7, 11) is 0. The monoisotopic (exact) mass is 417 g/mol. The Labute approximate surface area is 179 Å². The highest BCUT2D eigenvalue weighted by Crippen LogP contribution is 2.23. The van der Waals surface area contributed by atoms with Gasteiger partial charge in [0.1, 0.15) is 18.5 Å². The number of aromatic nitrogens is 5. The molecule has 31 heavy (non-hydrogen) atoms. The zero-order valence-electron chi connectivity index (χ0n) is 17.2. The summed E-state index contributed by atoms with van der Waals surface area (Å²) in [5.74, 6) is 1.43. The van der Waals surface area contributed by atoms with Gasteiger partial charge in [-0.1, -0.05) is 18.2 Å². The van der Waals surface area contributed by atoms with Crippen molar-refractivity contribution in [3.63, 3.8) is 0 Å². The fourth-order valence-corrected chi connectivity index (χ4v) is 3.75. The van der Waals surface area contributed by atoms with Crippen molar-refractivity contribution in [2.45, 2.75) is 19.6 Å². The number of carbonyl (C=O) groups excluding carboxylic acids is 1. The number of fused-ring (bicyclic) bond motifs is 1. The van der Waals surface area contributed by atoms with E-state index in [1.54, 1.807) is 6.33 Å². The number of benzene rings is 1. The second kappa shape index (κ2) is 8.19. The smallest absolute Gasteiger partial charge is 0.242 e. The van der Waals surface area contributed by atoms with Gasteiger partial charge in [-0.15, -0.1) is 0 Å². The van der Waals surface area contributed by atoms with Gasteiger partial charge in [0.05, 0.1) is 36.2 Å². The molecule has 1 amide bonds. The highest BCUT2D eigenvalue weighted by molar-refractivity contribution is 5.80. The number of pyridine rings is 1. The first-order chi connectivity index (χ1) is 15.2. The number of nitrogens with zero attached hydrogens (tertiary/aromatic N) is 5. The van der Waals surface area contributed by atoms with Crippen molar-refractivity contribution >= 4 is 28.6 Å². The molecule has 1 atom stereocenters. The Balaban J connectivity index is 1.27. The lowest BCUT2D eigenvalue weighted by molar-refractivity contribution is -0.139. The second-order valence-electron chi connectivity index (χ2n) is 7.57. The minimum absolute atomic E-state index is 0.0396. The van der Waals surface area contributed by atoms with Crippen molar-refractivity contribution in [2.24, 2.45) is 0 Å². The maximum Gasteiger partial charge on any atom is 0.242 e. The molecule has 2 N–H and O–H groups in total. The van der Waals surface area contributed by atoms with E-state index in [1.165, 1.54) is 0 Å². The van der Waals surface area contributed by atoms with E-state index in [1.807, 2.05) is 64.9 Å². The van der Waals surface area contributed by atoms with Crippen LogP contribution in [-0.2, 0) is 16.1 Å². The minimum atomic E-state index is -0.278. The van der Waals surface area contributed by atoms with E-state index < -0.39 is 0 Å². The first kappa shape index (κ1) is 19.3. The molecular formula is C22H23N7O2. The Morgan fingerprint density at radius 3 is 3.00 bits per heavy atom. The average Bonchev–Trinajstić information content (AvgIpc) is 3.40. The van der Waals surface area contributed by atoms with Crippen molar-refractivity contribution in [3.05, 3.63) is 66.2 Å². The third-order valence-electron chi connectivity index (χ3n) is 5.31. The number of H-pyrrole nitrogens is 1. The van der Waals surface area contributed by atoms with Crippen LogP contribution >= 0.6 is 0 Å². The van der Waals surface area contributed by atoms with E-state index in [-0.39, 0.29) is 18.6 Å². The molecule has 0 bridgehead atoms. The van der Waals surface area contributed by atoms with Crippen molar-refractivity contribution in [2.75, 3.05) is 25.0 Å². The van der Waals surface area contributed by atoms with Gasteiger partial charge in [0, 0.05) is 18.3 Å². The number of amides is 1. The predicted octanol–water partition coefficient (Wildman–Crippen LogP) is 2.81. The highest BCUT2D eigenvalue weighted by atomic mass is 16.5. The third-order valence-corrected chi connectivity index (χ3v) is 5.31. The molecule has 0 spiro atoms. The van der Waals surface area contributed by atoms with Gasteiger partial charge >= 0.3 is 0 Å². The summed E-state index contributed by atoms with van der Waals surface area (Å²) in [5, 5.41) is 10.3. The number of aromatic amines is 1. The molecule has 0 aliphatic carbocycles. The number of anilines is 2. The lowest BCUT2D eigenvalue weighted by Gasteiger charge is -2.33. The molecule has 1 fully saturated rings. The molecule has 0 radical (unpaired) electrons. The fourth-order valence-electron chi connectivity index (χ4n) is 3.75. The number of carbonyl (C=O) groups is 1. The van der Waals surface area contributed by atoms with Crippen LogP contribution in [0, 0.1) is 6.92 Å². The largest absolute Gasteiger partial charge is 0.368 e. The molecule has 9 heteroatoms. The lowest BCUT2D eigenvalue weighted by Crippen LogP contribution is -2.43. The molecule has 4 aromatic rings. The van der Waals surface area contributed by atoms with Crippen LogP contribution in [0.5, 0.6) is 0 Å². The summed E-state index contributed by atoms with van der Waals surface area (Å²) in [4.78, 5) is 23.8. The zero-order valence-corrected chi connectivity index (χ0v) is 17.2. The number of imidazole rings is 1. The molecule has 1 aliphatic rings. The molecule has 5 rings (SSSR count). The van der Waals surface area contributed by atoms with Gasteiger partial charge in [-0.3, -0.25) is 9.89 Å². The second-order valence-corrected chi connectivity index (χ2v) is 7.57. The van der Waals surface area contributed by atoms with Crippen LogP contribution in [0.15, 0.2) is 54.9 Å². The van der Waals surface area contributed by atoms with E-state index in [2.05, 4.69) is 25.5 Å². The van der Waals surface area contributed by atoms with Gasteiger partial charge in [-0.2, -0.15) is 5.10 Å². The van der Waals surface area contributed by atoms with Gasteiger partial charge in [-0.25, -0.2) is 9.97 Å². The van der Waals surface area contributed by atoms with Gasteiger partial charge in [0.2, 0.25) is 5.91 Å². The average molecular weight is 417 g/mol. The summed E-state index contributed by atoms with van der Waals surface area (Å²) >= 11 is 0. The van der Waals surface area contributed by atoms with Crippen molar-refractivity contribution in [1.29, 1.82) is 0 Å². The Hall–Kier alpha value is -3.72. The summed E-state index contributed by atoms with van der Waals surface area (Å²) < 4.78 is 7.82. The van der Waals surface area contributed by atoms with E-state index in [0.29, 0.717) is 31.3 Å². The van der Waals surface area contributed by atoms with Crippen molar-refractivity contribution < 1.29 is 9.53 Å². The van der Waals surface area contributed by atoms with E-state index in [0.717, 1.165) is 22.4 Å². The number of para-hydroxylation sites is 2. The van der Waals surface area contributed by atoms with Gasteiger partial charge in [-0.05, 0) is 31.2 Å². The molecule has 0 saturated carbocycles. The zero-order chi connectivity index (χ0) is 21.2. The maximum absolute atomic E-state index is 13.0. The summed E-state index contributed by atoms with van der Waals surface area (Å²) in [5.41, 5.74) is 3.59. The number of hydrogen-bond acceptors (Lipinski definition) is 6. The first-order valence-corrected chi connectivity index (χ1v) is 10.2. The molecule has 4 heterocycles. The number of hydrogen-bond donors (Lipinski definition) is 2. The normalized spacial score (nSPS) is 16.5. The number of aryl methyl sites for hydroxylation is 1. The van der Waals surface area contributed by atoms with Crippen LogP contribution in [-0.4, -0.2) is 55.2 Å². The number of nitrogens with one attached hydrogen (secondary N) is 2. The van der Waals surface area contributed by atoms with Crippen LogP contribution in [0.4, 0.5) is 11.6 Å². The van der Waals surface area contributed by atoms with Gasteiger partial charge in [0.15, 0.2) is 5.82 Å². The van der Waals surface area contributed by atoms with Crippen LogP contribution < -0.4 is 5.32 Å². The Morgan fingerprint density at radius 1 is 1.23 bits per heavy atom. The van der Waals surface area contributed by atoms with Gasteiger partial charge < -0.3 is 19.5 Å². The SMILES string of the molecule is Cc1cc(Nc2cccc([C@@H]3CN(C(=O)Cn4cnc5ccccc54)CCO3)n2)n[nH]1. The highest BCUT2D eigenvalue weighted by Gasteiger charge is 2.26. The van der Waals surface area contributed by atoms with E-state index >= 15 is 0 Å². The quantitative estimate of drug-likeness (QED) is 0.518. The molecule has 3 aromatic heterocycles. The molecule has 9 nitrogen and oxygen atoms in total. The molecule has 0 unspecified atom stereocenters. The van der Waals surface area contributed by atoms with Crippen LogP contribution in [0.1, 0.15) is 17.5 Å².